The van der Waals surface area contributed by atoms with Crippen LogP contribution in [-0.4, -0.2) is 187 Å². The topological polar surface area (TPSA) is 378 Å². The van der Waals surface area contributed by atoms with Gasteiger partial charge < -0.3 is 79.9 Å². The Labute approximate surface area is 472 Å². The van der Waals surface area contributed by atoms with Crippen molar-refractivity contribution in [3.05, 3.63) is 119 Å². The van der Waals surface area contributed by atoms with Gasteiger partial charge in [-0.2, -0.15) is 0 Å². The van der Waals surface area contributed by atoms with E-state index in [0.717, 1.165) is 13.8 Å². The highest BCUT2D eigenvalue weighted by Gasteiger charge is 2.78. The number of carboxylic acids is 1. The van der Waals surface area contributed by atoms with Crippen LogP contribution in [0.2, 0.25) is 0 Å². The molecule has 446 valence electrons. The molecule has 0 spiro atoms. The summed E-state index contributed by atoms with van der Waals surface area (Å²) in [7, 11) is 1.57. The van der Waals surface area contributed by atoms with Crippen molar-refractivity contribution in [3.8, 4) is 0 Å². The minimum absolute atomic E-state index is 0.0221. The minimum atomic E-state index is -2.50. The van der Waals surface area contributed by atoms with Gasteiger partial charge in [-0.1, -0.05) is 80.6 Å². The molecule has 82 heavy (non-hydrogen) atoms. The number of rotatable bonds is 20. The fourth-order valence-corrected chi connectivity index (χ4v) is 11.6. The Morgan fingerprint density at radius 2 is 1.35 bits per heavy atom. The van der Waals surface area contributed by atoms with E-state index in [0.29, 0.717) is 0 Å². The van der Waals surface area contributed by atoms with Gasteiger partial charge in [0.2, 0.25) is 6.10 Å². The van der Waals surface area contributed by atoms with Gasteiger partial charge in [-0.05, 0) is 61.9 Å². The van der Waals surface area contributed by atoms with Crippen molar-refractivity contribution >= 4 is 47.5 Å². The molecule has 24 nitrogen and oxygen atoms in total. The fraction of sp³-hybridized carbons (Fsp3) is 0.517. The van der Waals surface area contributed by atoms with Crippen LogP contribution in [0.5, 0.6) is 0 Å². The Kier molecular flexibility index (Phi) is 20.7. The maximum absolute atomic E-state index is 15.7. The first-order chi connectivity index (χ1) is 38.6. The van der Waals surface area contributed by atoms with E-state index in [2.05, 4.69) is 10.6 Å². The van der Waals surface area contributed by atoms with Crippen LogP contribution in [0.25, 0.3) is 0 Å². The third-order valence-corrected chi connectivity index (χ3v) is 16.0. The standard InChI is InChI=1S/C51H55NO17.C7H17NO5/c1-27-33(66-47(62)41(67-37(58)23-22-36(56)57)39(30-16-10-7-11-17-30)52-45(60)31-18-12-8-13-19-31)25-51(63)44(68-46(61)32-20-14-9-15-21-32)42-49(6,34(55)24-35-50(42,26-64-35)69-29(3)54)43(59)40(65-28(2)53)38(27)48(51,4)5;1-8-2-4(10)6(12)7(13)5(11)3-9/h7-21,33-35,39-42,44,55,63H,22-26H2,1-6H3,(H,52,60)(H,56,57);4-13H,2-3H2,1H3/t33?,34-,35+,39?,40?,41?,42-,44-,49+,50-,51+;4-,5+,6+,7+/m00/s1. The summed E-state index contributed by atoms with van der Waals surface area (Å²) in [5.74, 6) is -9.78. The molecule has 3 fully saturated rings. The maximum atomic E-state index is 15.7. The number of benzene rings is 3. The number of carboxylic acid groups (broad SMARTS) is 1. The number of likely N-dealkylation sites (N-methyl/N-ethyl adjacent to an activating group) is 1. The second-order valence-corrected chi connectivity index (χ2v) is 21.6. The molecular formula is C58H72N2O22. The number of hydrogen-bond acceptors (Lipinski definition) is 22. The zero-order valence-corrected chi connectivity index (χ0v) is 46.3. The number of hydrogen-bond donors (Lipinski definition) is 10. The van der Waals surface area contributed by atoms with E-state index in [1.165, 1.54) is 52.0 Å². The molecule has 15 atom stereocenters. The molecule has 0 radical (unpaired) electrons. The minimum Gasteiger partial charge on any atom is -0.481 e. The van der Waals surface area contributed by atoms with Gasteiger partial charge in [-0.25, -0.2) is 9.59 Å². The average molecular weight is 1150 g/mol. The monoisotopic (exact) mass is 1150 g/mol. The summed E-state index contributed by atoms with van der Waals surface area (Å²) in [6.45, 7) is 7.11. The highest BCUT2D eigenvalue weighted by atomic mass is 16.6. The largest absolute Gasteiger partial charge is 0.481 e. The third kappa shape index (κ3) is 13.1. The van der Waals surface area contributed by atoms with Crippen LogP contribution < -0.4 is 10.6 Å². The van der Waals surface area contributed by atoms with Crippen LogP contribution >= 0.6 is 0 Å². The molecule has 1 heterocycles. The SMILES string of the molecule is CC(=O)OC1C(=O)[C@@]2(C)[C@H]([C@H](OC(=O)c3ccccc3)[C@]3(O)CC(OC(=O)C(OC(=O)CCC(=O)O)C(NC(=O)c4ccccc4)c4ccccc4)C(C)=C1C3(C)C)[C@]1(OC(C)=O)CO[C@@H]1C[C@@H]2O.CNC[C@H](O)[C@@H](O)[C@H](O)[C@H](O)CO. The molecule has 24 heteroatoms. The van der Waals surface area contributed by atoms with E-state index in [4.69, 9.17) is 48.8 Å². The first kappa shape index (κ1) is 64.2. The number of aliphatic hydroxyl groups excluding tert-OH is 6. The number of aliphatic hydroxyl groups is 7. The number of ketones is 1. The maximum Gasteiger partial charge on any atom is 0.350 e. The van der Waals surface area contributed by atoms with E-state index in [9.17, 15) is 49.2 Å². The molecule has 2 bridgehead atoms. The van der Waals surface area contributed by atoms with Gasteiger partial charge in [-0.3, -0.25) is 28.8 Å². The zero-order chi connectivity index (χ0) is 60.6. The van der Waals surface area contributed by atoms with Gasteiger partial charge in [0.25, 0.3) is 5.91 Å². The molecular weight excluding hydrogens is 1080 g/mol. The molecule has 4 unspecified atom stereocenters. The lowest BCUT2D eigenvalue weighted by molar-refractivity contribution is -0.346. The molecule has 3 aliphatic carbocycles. The van der Waals surface area contributed by atoms with Crippen molar-refractivity contribution in [2.45, 2.75) is 146 Å². The second kappa shape index (κ2) is 26.5. The summed E-state index contributed by atoms with van der Waals surface area (Å²) >= 11 is 0. The number of aliphatic carboxylic acids is 1. The summed E-state index contributed by atoms with van der Waals surface area (Å²) in [5, 5.41) is 85.6. The number of ether oxygens (including phenoxy) is 6. The quantitative estimate of drug-likeness (QED) is 0.0425. The Hall–Kier alpha value is -7.00. The molecule has 1 saturated heterocycles. The molecule has 10 N–H and O–H groups in total. The predicted molar refractivity (Wildman–Crippen MR) is 283 cm³/mol. The first-order valence-electron chi connectivity index (χ1n) is 26.5. The van der Waals surface area contributed by atoms with Crippen molar-refractivity contribution < 1.29 is 108 Å². The van der Waals surface area contributed by atoms with Gasteiger partial charge in [0.15, 0.2) is 17.5 Å². The number of esters is 5. The molecule has 4 aliphatic rings. The highest BCUT2D eigenvalue weighted by molar-refractivity contribution is 5.96. The fourth-order valence-electron chi connectivity index (χ4n) is 11.6. The molecule has 3 aromatic carbocycles. The molecule has 3 aromatic rings. The van der Waals surface area contributed by atoms with Crippen molar-refractivity contribution in [1.29, 1.82) is 0 Å². The van der Waals surface area contributed by atoms with E-state index >= 15 is 9.59 Å². The van der Waals surface area contributed by atoms with E-state index in [1.54, 1.807) is 73.8 Å². The van der Waals surface area contributed by atoms with Gasteiger partial charge in [0.05, 0.1) is 55.2 Å². The Bertz CT molecular complexity index is 2830. The third-order valence-electron chi connectivity index (χ3n) is 16.0. The number of Topliss-reactive ketones (excluding diaryl/α,β-unsaturated/α-hetero) is 1. The average Bonchev–Trinajstić information content (AvgIpc) is 0.708. The summed E-state index contributed by atoms with van der Waals surface area (Å²) in [6.07, 6.45) is -18.1. The van der Waals surface area contributed by atoms with Crippen LogP contribution in [0.15, 0.2) is 102 Å². The van der Waals surface area contributed by atoms with Crippen molar-refractivity contribution in [2.24, 2.45) is 16.7 Å². The molecule has 2 saturated carbocycles. The van der Waals surface area contributed by atoms with E-state index in [1.807, 2.05) is 0 Å². The molecule has 1 aliphatic heterocycles. The second-order valence-electron chi connectivity index (χ2n) is 21.6. The smallest absolute Gasteiger partial charge is 0.350 e. The molecule has 7 rings (SSSR count). The van der Waals surface area contributed by atoms with Crippen LogP contribution in [-0.2, 0) is 57.2 Å². The van der Waals surface area contributed by atoms with Crippen LogP contribution in [0.3, 0.4) is 0 Å². The lowest BCUT2D eigenvalue weighted by atomic mass is 9.44. The van der Waals surface area contributed by atoms with Crippen molar-refractivity contribution in [3.63, 3.8) is 0 Å². The van der Waals surface area contributed by atoms with Gasteiger partial charge in [0, 0.05) is 44.2 Å². The van der Waals surface area contributed by atoms with Crippen LogP contribution in [0, 0.1) is 16.7 Å². The number of carbonyl (C=O) groups is 8. The van der Waals surface area contributed by atoms with Gasteiger partial charge in [-0.15, -0.1) is 0 Å². The van der Waals surface area contributed by atoms with Crippen molar-refractivity contribution in [2.75, 3.05) is 26.8 Å². The number of carbonyl (C=O) groups excluding carboxylic acids is 7. The predicted octanol–water partition coefficient (Wildman–Crippen LogP) is 0.793. The zero-order valence-electron chi connectivity index (χ0n) is 46.3. The highest BCUT2D eigenvalue weighted by Crippen LogP contribution is 2.64. The Morgan fingerprint density at radius 1 is 0.780 bits per heavy atom. The molecule has 1 amide bonds. The van der Waals surface area contributed by atoms with Crippen LogP contribution in [0.4, 0.5) is 0 Å². The summed E-state index contributed by atoms with van der Waals surface area (Å²) < 4.78 is 36.3. The summed E-state index contributed by atoms with van der Waals surface area (Å²) in [5.41, 5.74) is -7.77. The summed E-state index contributed by atoms with van der Waals surface area (Å²) in [6, 6.07) is 22.1. The number of nitrogens with one attached hydrogen (secondary N) is 2. The number of fused-ring (bicyclic) bond motifs is 5. The normalized spacial score (nSPS) is 28.2. The van der Waals surface area contributed by atoms with E-state index < -0.39 is 168 Å². The lowest BCUT2D eigenvalue weighted by Crippen LogP contribution is -2.82. The Balaban J connectivity index is 0.000000739. The summed E-state index contributed by atoms with van der Waals surface area (Å²) in [4.78, 5) is 110. The van der Waals surface area contributed by atoms with Gasteiger partial charge in [0.1, 0.15) is 48.3 Å². The lowest BCUT2D eigenvalue weighted by Gasteiger charge is -2.67. The first-order valence-corrected chi connectivity index (χ1v) is 26.5. The molecule has 0 aromatic heterocycles. The van der Waals surface area contributed by atoms with Crippen LogP contribution in [0.1, 0.15) is 99.5 Å². The number of amides is 1. The van der Waals surface area contributed by atoms with Gasteiger partial charge >= 0.3 is 35.8 Å². The van der Waals surface area contributed by atoms with E-state index in [-0.39, 0.29) is 47.4 Å². The Morgan fingerprint density at radius 3 is 1.88 bits per heavy atom. The van der Waals surface area contributed by atoms with Crippen molar-refractivity contribution in [1.82, 2.24) is 10.6 Å².